The number of nitrogens with two attached hydrogens (primary N) is 1. The van der Waals surface area contributed by atoms with Gasteiger partial charge in [0, 0.05) is 11.2 Å². The molecule has 0 aliphatic rings. The summed E-state index contributed by atoms with van der Waals surface area (Å²) in [6.45, 7) is 0.646. The van der Waals surface area contributed by atoms with Gasteiger partial charge in [0.25, 0.3) is 0 Å². The Morgan fingerprint density at radius 2 is 2.17 bits per heavy atom. The average Bonchev–Trinajstić information content (AvgIpc) is 2.66. The second kappa shape index (κ2) is 4.31. The molecule has 0 bridgehead atoms. The number of benzene rings is 1. The van der Waals surface area contributed by atoms with E-state index in [0.717, 1.165) is 21.6 Å². The minimum Gasteiger partial charge on any atom is -0.369 e. The lowest BCUT2D eigenvalue weighted by molar-refractivity contribution is 0.838. The van der Waals surface area contributed by atoms with E-state index in [4.69, 9.17) is 17.3 Å². The van der Waals surface area contributed by atoms with Gasteiger partial charge in [-0.2, -0.15) is 0 Å². The number of aromatic nitrogens is 3. The molecule has 0 aliphatic carbocycles. The number of hydrogen-bond acceptors (Lipinski definition) is 3. The monoisotopic (exact) mass is 258 g/mol. The number of nitrogen functional groups attached to an aromatic ring is 1. The van der Waals surface area contributed by atoms with Gasteiger partial charge >= 0.3 is 0 Å². The van der Waals surface area contributed by atoms with Crippen LogP contribution < -0.4 is 5.73 Å². The normalized spacial score (nSPS) is 10.9. The lowest BCUT2D eigenvalue weighted by Crippen LogP contribution is -2.04. The minimum absolute atomic E-state index is 0.484. The van der Waals surface area contributed by atoms with Crippen LogP contribution in [0.2, 0.25) is 5.02 Å². The highest BCUT2D eigenvalue weighted by Gasteiger charge is 2.08. The van der Waals surface area contributed by atoms with Gasteiger partial charge in [-0.05, 0) is 23.8 Å². The number of anilines is 1. The minimum atomic E-state index is 0.484. The van der Waals surface area contributed by atoms with Gasteiger partial charge in [0.15, 0.2) is 0 Å². The molecular formula is C13H11ClN4. The van der Waals surface area contributed by atoms with Crippen molar-refractivity contribution in [1.82, 2.24) is 14.5 Å². The molecule has 0 unspecified atom stereocenters. The summed E-state index contributed by atoms with van der Waals surface area (Å²) in [6, 6.07) is 9.62. The van der Waals surface area contributed by atoms with Gasteiger partial charge in [0.1, 0.15) is 5.52 Å². The zero-order valence-corrected chi connectivity index (χ0v) is 10.3. The van der Waals surface area contributed by atoms with E-state index in [-0.39, 0.29) is 0 Å². The third-order valence-electron chi connectivity index (χ3n) is 2.81. The molecule has 0 spiro atoms. The second-order valence-electron chi connectivity index (χ2n) is 4.05. The lowest BCUT2D eigenvalue weighted by Gasteiger charge is -2.06. The van der Waals surface area contributed by atoms with Gasteiger partial charge in [0.2, 0.25) is 5.95 Å². The maximum Gasteiger partial charge on any atom is 0.201 e. The van der Waals surface area contributed by atoms with E-state index >= 15 is 0 Å². The quantitative estimate of drug-likeness (QED) is 0.769. The van der Waals surface area contributed by atoms with Crippen molar-refractivity contribution in [2.24, 2.45) is 0 Å². The topological polar surface area (TPSA) is 56.7 Å². The molecule has 2 N–H and O–H groups in total. The molecule has 2 aromatic heterocycles. The lowest BCUT2D eigenvalue weighted by atomic mass is 10.2. The maximum absolute atomic E-state index is 5.98. The molecule has 0 amide bonds. The second-order valence-corrected chi connectivity index (χ2v) is 4.49. The number of pyridine rings is 1. The fourth-order valence-electron chi connectivity index (χ4n) is 1.98. The van der Waals surface area contributed by atoms with Crippen LogP contribution in [0, 0.1) is 0 Å². The molecule has 0 atom stereocenters. The van der Waals surface area contributed by atoms with Crippen LogP contribution in [0.3, 0.4) is 0 Å². The summed E-state index contributed by atoms with van der Waals surface area (Å²) in [5.41, 5.74) is 8.80. The van der Waals surface area contributed by atoms with Crippen LogP contribution in [-0.2, 0) is 6.54 Å². The zero-order valence-electron chi connectivity index (χ0n) is 9.55. The summed E-state index contributed by atoms with van der Waals surface area (Å²) < 4.78 is 1.95. The molecule has 0 saturated heterocycles. The SMILES string of the molecule is Nc1nc2cnccc2n1Cc1cccc(Cl)c1. The summed E-state index contributed by atoms with van der Waals surface area (Å²) in [6.07, 6.45) is 3.44. The first-order valence-electron chi connectivity index (χ1n) is 5.54. The molecule has 0 fully saturated rings. The largest absolute Gasteiger partial charge is 0.369 e. The Bertz CT molecular complexity index is 705. The molecule has 0 aliphatic heterocycles. The van der Waals surface area contributed by atoms with Crippen molar-refractivity contribution < 1.29 is 0 Å². The van der Waals surface area contributed by atoms with Gasteiger partial charge in [-0.15, -0.1) is 0 Å². The van der Waals surface area contributed by atoms with Crippen LogP contribution in [0.15, 0.2) is 42.7 Å². The molecule has 2 heterocycles. The Labute approximate surface area is 109 Å². The summed E-state index contributed by atoms with van der Waals surface area (Å²) in [5, 5.41) is 0.720. The van der Waals surface area contributed by atoms with Crippen molar-refractivity contribution in [3.8, 4) is 0 Å². The highest BCUT2D eigenvalue weighted by atomic mass is 35.5. The van der Waals surface area contributed by atoms with Crippen molar-refractivity contribution in [3.63, 3.8) is 0 Å². The summed E-state index contributed by atoms with van der Waals surface area (Å²) in [5.74, 6) is 0.484. The van der Waals surface area contributed by atoms with E-state index in [2.05, 4.69) is 9.97 Å². The number of hydrogen-bond donors (Lipinski definition) is 1. The molecule has 0 saturated carbocycles. The average molecular weight is 259 g/mol. The van der Waals surface area contributed by atoms with Crippen LogP contribution in [0.25, 0.3) is 11.0 Å². The van der Waals surface area contributed by atoms with E-state index in [9.17, 15) is 0 Å². The first-order valence-corrected chi connectivity index (χ1v) is 5.92. The Balaban J connectivity index is 2.07. The van der Waals surface area contributed by atoms with Gasteiger partial charge < -0.3 is 10.3 Å². The number of rotatable bonds is 2. The van der Waals surface area contributed by atoms with Crippen LogP contribution in [0.1, 0.15) is 5.56 Å². The molecule has 3 rings (SSSR count). The number of imidazole rings is 1. The predicted molar refractivity (Wildman–Crippen MR) is 72.5 cm³/mol. The van der Waals surface area contributed by atoms with Crippen molar-refractivity contribution >= 4 is 28.6 Å². The Morgan fingerprint density at radius 1 is 1.28 bits per heavy atom. The van der Waals surface area contributed by atoms with Crippen LogP contribution in [0.4, 0.5) is 5.95 Å². The van der Waals surface area contributed by atoms with Crippen LogP contribution in [-0.4, -0.2) is 14.5 Å². The van der Waals surface area contributed by atoms with E-state index in [1.807, 2.05) is 34.9 Å². The Hall–Kier alpha value is -2.07. The Morgan fingerprint density at radius 3 is 3.00 bits per heavy atom. The maximum atomic E-state index is 5.98. The molecule has 5 heteroatoms. The van der Waals surface area contributed by atoms with Crippen molar-refractivity contribution in [3.05, 3.63) is 53.3 Å². The highest BCUT2D eigenvalue weighted by molar-refractivity contribution is 6.30. The molecule has 3 aromatic rings. The fraction of sp³-hybridized carbons (Fsp3) is 0.0769. The number of nitrogens with zero attached hydrogens (tertiary/aromatic N) is 3. The van der Waals surface area contributed by atoms with Gasteiger partial charge in [-0.3, -0.25) is 4.98 Å². The Kier molecular flexibility index (Phi) is 2.64. The summed E-state index contributed by atoms with van der Waals surface area (Å²) in [4.78, 5) is 8.31. The zero-order chi connectivity index (χ0) is 12.5. The highest BCUT2D eigenvalue weighted by Crippen LogP contribution is 2.19. The molecule has 90 valence electrons. The van der Waals surface area contributed by atoms with Crippen LogP contribution >= 0.6 is 11.6 Å². The van der Waals surface area contributed by atoms with E-state index in [1.54, 1.807) is 12.4 Å². The van der Waals surface area contributed by atoms with E-state index < -0.39 is 0 Å². The van der Waals surface area contributed by atoms with Gasteiger partial charge in [0.05, 0.1) is 18.3 Å². The van der Waals surface area contributed by atoms with Gasteiger partial charge in [-0.1, -0.05) is 23.7 Å². The predicted octanol–water partition coefficient (Wildman–Crippen LogP) is 2.72. The molecular weight excluding hydrogens is 248 g/mol. The summed E-state index contributed by atoms with van der Waals surface area (Å²) in [7, 11) is 0. The number of fused-ring (bicyclic) bond motifs is 1. The summed E-state index contributed by atoms with van der Waals surface area (Å²) >= 11 is 5.98. The number of halogens is 1. The van der Waals surface area contributed by atoms with E-state index in [1.165, 1.54) is 0 Å². The fourth-order valence-corrected chi connectivity index (χ4v) is 2.20. The standard InChI is InChI=1S/C13H11ClN4/c14-10-3-1-2-9(6-10)8-18-12-4-5-16-7-11(12)17-13(18)15/h1-7H,8H2,(H2,15,17). The smallest absolute Gasteiger partial charge is 0.201 e. The first kappa shape index (κ1) is 11.0. The third-order valence-corrected chi connectivity index (χ3v) is 3.04. The van der Waals surface area contributed by atoms with Crippen molar-refractivity contribution in [2.45, 2.75) is 6.54 Å². The van der Waals surface area contributed by atoms with Gasteiger partial charge in [-0.25, -0.2) is 4.98 Å². The molecule has 4 nitrogen and oxygen atoms in total. The molecule has 0 radical (unpaired) electrons. The molecule has 18 heavy (non-hydrogen) atoms. The van der Waals surface area contributed by atoms with Crippen LogP contribution in [0.5, 0.6) is 0 Å². The third kappa shape index (κ3) is 1.91. The van der Waals surface area contributed by atoms with E-state index in [0.29, 0.717) is 12.5 Å². The first-order chi connectivity index (χ1) is 8.74. The van der Waals surface area contributed by atoms with Crippen molar-refractivity contribution in [2.75, 3.05) is 5.73 Å². The van der Waals surface area contributed by atoms with Crippen molar-refractivity contribution in [1.29, 1.82) is 0 Å². The molecule has 1 aromatic carbocycles.